The Bertz CT molecular complexity index is 417. The molecule has 0 aliphatic carbocycles. The lowest BCUT2D eigenvalue weighted by Gasteiger charge is -2.06. The molecule has 0 amide bonds. The standard InChI is InChI=1S/C19H31O3P/c1-2-3-4-5-6-7-8-9-10-17-11-13-18(14-12-17)22-19(20)15-16-21-23/h11-14H,2-10,15-16,23H2,1H3. The van der Waals surface area contributed by atoms with Crippen molar-refractivity contribution in [3.63, 3.8) is 0 Å². The van der Waals surface area contributed by atoms with Gasteiger partial charge in [-0.2, -0.15) is 0 Å². The predicted molar refractivity (Wildman–Crippen MR) is 98.7 cm³/mol. The largest absolute Gasteiger partial charge is 0.426 e. The van der Waals surface area contributed by atoms with E-state index in [4.69, 9.17) is 9.26 Å². The van der Waals surface area contributed by atoms with Crippen molar-refractivity contribution in [1.29, 1.82) is 0 Å². The van der Waals surface area contributed by atoms with Gasteiger partial charge >= 0.3 is 5.97 Å². The number of ether oxygens (including phenoxy) is 1. The monoisotopic (exact) mass is 338 g/mol. The number of hydrogen-bond acceptors (Lipinski definition) is 3. The minimum absolute atomic E-state index is 0.261. The van der Waals surface area contributed by atoms with Crippen molar-refractivity contribution in [2.45, 2.75) is 71.1 Å². The SMILES string of the molecule is CCCCCCCCCCc1ccc(OC(=O)CCOP)cc1. The molecule has 0 aliphatic rings. The maximum atomic E-state index is 11.5. The maximum Gasteiger partial charge on any atom is 0.313 e. The van der Waals surface area contributed by atoms with E-state index in [9.17, 15) is 4.79 Å². The third-order valence-electron chi connectivity index (χ3n) is 3.90. The fraction of sp³-hybridized carbons (Fsp3) is 0.632. The Kier molecular flexibility index (Phi) is 11.8. The Labute approximate surface area is 143 Å². The van der Waals surface area contributed by atoms with Crippen LogP contribution in [0.3, 0.4) is 0 Å². The number of benzene rings is 1. The summed E-state index contributed by atoms with van der Waals surface area (Å²) in [7, 11) is 2.13. The van der Waals surface area contributed by atoms with Crippen LogP contribution in [0, 0.1) is 0 Å². The molecule has 0 saturated carbocycles. The second kappa shape index (κ2) is 13.5. The second-order valence-corrected chi connectivity index (χ2v) is 6.30. The quantitative estimate of drug-likeness (QED) is 0.207. The van der Waals surface area contributed by atoms with Crippen LogP contribution in [0.2, 0.25) is 0 Å². The first-order valence-corrected chi connectivity index (χ1v) is 9.34. The molecular weight excluding hydrogens is 307 g/mol. The average Bonchev–Trinajstić information content (AvgIpc) is 2.57. The highest BCUT2D eigenvalue weighted by Gasteiger charge is 2.04. The number of hydrogen-bond donors (Lipinski definition) is 0. The fourth-order valence-electron chi connectivity index (χ4n) is 2.51. The van der Waals surface area contributed by atoms with Gasteiger partial charge in [0.1, 0.15) is 5.75 Å². The highest BCUT2D eigenvalue weighted by molar-refractivity contribution is 7.09. The molecule has 4 heteroatoms. The summed E-state index contributed by atoms with van der Waals surface area (Å²) < 4.78 is 10.0. The molecule has 0 bridgehead atoms. The van der Waals surface area contributed by atoms with Crippen molar-refractivity contribution in [2.75, 3.05) is 6.61 Å². The first-order valence-electron chi connectivity index (χ1n) is 8.87. The fourth-order valence-corrected chi connectivity index (χ4v) is 2.63. The summed E-state index contributed by atoms with van der Waals surface area (Å²) in [6.07, 6.45) is 12.1. The predicted octanol–water partition coefficient (Wildman–Crippen LogP) is 5.47. The molecule has 0 heterocycles. The number of rotatable bonds is 13. The van der Waals surface area contributed by atoms with Crippen LogP contribution in [0.1, 0.15) is 70.3 Å². The van der Waals surface area contributed by atoms with E-state index in [1.165, 1.54) is 56.9 Å². The van der Waals surface area contributed by atoms with Gasteiger partial charge in [-0.1, -0.05) is 64.0 Å². The van der Waals surface area contributed by atoms with Crippen LogP contribution in [0.25, 0.3) is 0 Å². The van der Waals surface area contributed by atoms with Crippen LogP contribution < -0.4 is 4.74 Å². The van der Waals surface area contributed by atoms with Gasteiger partial charge in [0.05, 0.1) is 13.0 Å². The van der Waals surface area contributed by atoms with Crippen LogP contribution in [-0.2, 0) is 15.7 Å². The molecule has 0 radical (unpaired) electrons. The summed E-state index contributed by atoms with van der Waals surface area (Å²) in [4.78, 5) is 11.5. The van der Waals surface area contributed by atoms with Crippen molar-refractivity contribution >= 4 is 15.4 Å². The Hall–Kier alpha value is -0.920. The summed E-state index contributed by atoms with van der Waals surface area (Å²) in [5.74, 6) is 0.349. The van der Waals surface area contributed by atoms with Crippen LogP contribution in [0.4, 0.5) is 0 Å². The summed E-state index contributed by atoms with van der Waals surface area (Å²) >= 11 is 0. The average molecular weight is 338 g/mol. The van der Waals surface area contributed by atoms with Crippen LogP contribution in [0.5, 0.6) is 5.75 Å². The van der Waals surface area contributed by atoms with Gasteiger partial charge in [-0.15, -0.1) is 0 Å². The van der Waals surface area contributed by atoms with E-state index in [-0.39, 0.29) is 12.4 Å². The molecule has 1 rings (SSSR count). The molecule has 0 aliphatic heterocycles. The van der Waals surface area contributed by atoms with E-state index in [0.717, 1.165) is 6.42 Å². The van der Waals surface area contributed by atoms with E-state index in [0.29, 0.717) is 12.4 Å². The maximum absolute atomic E-state index is 11.5. The molecule has 1 unspecified atom stereocenters. The Morgan fingerprint density at radius 1 is 0.957 bits per heavy atom. The third kappa shape index (κ3) is 10.5. The van der Waals surface area contributed by atoms with Crippen molar-refractivity contribution in [3.05, 3.63) is 29.8 Å². The summed E-state index contributed by atoms with van der Waals surface area (Å²) in [6.45, 7) is 2.62. The second-order valence-electron chi connectivity index (χ2n) is 5.96. The molecule has 3 nitrogen and oxygen atoms in total. The highest BCUT2D eigenvalue weighted by Crippen LogP contribution is 2.16. The zero-order valence-corrected chi connectivity index (χ0v) is 15.5. The molecular formula is C19H31O3P. The summed E-state index contributed by atoms with van der Waals surface area (Å²) in [5.41, 5.74) is 1.31. The van der Waals surface area contributed by atoms with E-state index in [1.807, 2.05) is 12.1 Å². The van der Waals surface area contributed by atoms with Crippen molar-refractivity contribution in [1.82, 2.24) is 0 Å². The van der Waals surface area contributed by atoms with Gasteiger partial charge in [-0.3, -0.25) is 4.79 Å². The molecule has 1 aromatic carbocycles. The molecule has 1 aromatic rings. The van der Waals surface area contributed by atoms with Crippen LogP contribution in [-0.4, -0.2) is 12.6 Å². The summed E-state index contributed by atoms with van der Waals surface area (Å²) in [5, 5.41) is 0. The molecule has 0 N–H and O–H groups in total. The van der Waals surface area contributed by atoms with Crippen molar-refractivity contribution < 1.29 is 14.1 Å². The van der Waals surface area contributed by atoms with Gasteiger partial charge in [0.15, 0.2) is 0 Å². The smallest absolute Gasteiger partial charge is 0.313 e. The van der Waals surface area contributed by atoms with E-state index in [1.54, 1.807) is 0 Å². The zero-order valence-electron chi connectivity index (χ0n) is 14.4. The van der Waals surface area contributed by atoms with E-state index in [2.05, 4.69) is 28.5 Å². The van der Waals surface area contributed by atoms with Crippen LogP contribution in [0.15, 0.2) is 24.3 Å². The topological polar surface area (TPSA) is 35.5 Å². The molecule has 0 fully saturated rings. The van der Waals surface area contributed by atoms with E-state index < -0.39 is 0 Å². The lowest BCUT2D eigenvalue weighted by Crippen LogP contribution is -2.09. The molecule has 0 spiro atoms. The third-order valence-corrected chi connectivity index (χ3v) is 4.13. The zero-order chi connectivity index (χ0) is 16.8. The van der Waals surface area contributed by atoms with Gasteiger partial charge in [-0.05, 0) is 30.5 Å². The number of esters is 1. The summed E-state index contributed by atoms with van der Waals surface area (Å²) in [6, 6.07) is 7.85. The van der Waals surface area contributed by atoms with Gasteiger partial charge in [0.25, 0.3) is 0 Å². The Balaban J connectivity index is 2.13. The minimum Gasteiger partial charge on any atom is -0.426 e. The lowest BCUT2D eigenvalue weighted by atomic mass is 10.0. The van der Waals surface area contributed by atoms with E-state index >= 15 is 0 Å². The molecule has 23 heavy (non-hydrogen) atoms. The van der Waals surface area contributed by atoms with Gasteiger partial charge in [0, 0.05) is 9.47 Å². The molecule has 130 valence electrons. The Morgan fingerprint density at radius 3 is 2.17 bits per heavy atom. The number of unbranched alkanes of at least 4 members (excludes halogenated alkanes) is 7. The number of carbonyl (C=O) groups excluding carboxylic acids is 1. The van der Waals surface area contributed by atoms with Crippen molar-refractivity contribution in [2.24, 2.45) is 0 Å². The molecule has 0 saturated heterocycles. The highest BCUT2D eigenvalue weighted by atomic mass is 31.0. The first kappa shape index (κ1) is 20.1. The number of carbonyl (C=O) groups is 1. The first-order chi connectivity index (χ1) is 11.3. The normalized spacial score (nSPS) is 10.7. The van der Waals surface area contributed by atoms with Crippen molar-refractivity contribution in [3.8, 4) is 5.75 Å². The molecule has 1 atom stereocenters. The van der Waals surface area contributed by atoms with Crippen LogP contribution >= 0.6 is 9.47 Å². The Morgan fingerprint density at radius 2 is 1.57 bits per heavy atom. The lowest BCUT2D eigenvalue weighted by molar-refractivity contribution is -0.134. The number of aryl methyl sites for hydroxylation is 1. The molecule has 0 aromatic heterocycles. The van der Waals surface area contributed by atoms with Gasteiger partial charge in [-0.25, -0.2) is 0 Å². The minimum atomic E-state index is -0.261. The van der Waals surface area contributed by atoms with Gasteiger partial charge < -0.3 is 9.26 Å². The van der Waals surface area contributed by atoms with Gasteiger partial charge in [0.2, 0.25) is 0 Å².